The molecule has 0 aromatic rings. The van der Waals surface area contributed by atoms with Gasteiger partial charge >= 0.3 is 0 Å². The maximum absolute atomic E-state index is 6.28. The van der Waals surface area contributed by atoms with E-state index >= 15 is 0 Å². The lowest BCUT2D eigenvalue weighted by Gasteiger charge is -2.60. The molecular weight excluding hydrogens is 296 g/mol. The summed E-state index contributed by atoms with van der Waals surface area (Å²) in [4.78, 5) is 1.58. The van der Waals surface area contributed by atoms with Gasteiger partial charge in [0.25, 0.3) is 0 Å². The van der Waals surface area contributed by atoms with Crippen LogP contribution >= 0.6 is 12.2 Å². The Morgan fingerprint density at radius 1 is 0.609 bits per heavy atom. The molecule has 0 atom stereocenters. The topological polar surface area (TPSA) is 0 Å². The molecule has 0 amide bonds. The van der Waals surface area contributed by atoms with E-state index in [2.05, 4.69) is 0 Å². The molecule has 1 heteroatoms. The van der Waals surface area contributed by atoms with E-state index in [0.717, 1.165) is 35.5 Å². The zero-order chi connectivity index (χ0) is 15.2. The smallest absolute Gasteiger partial charge is 0.00247 e. The molecule has 0 aromatic carbocycles. The van der Waals surface area contributed by atoms with Crippen molar-refractivity contribution in [2.24, 2.45) is 46.3 Å². The summed E-state index contributed by atoms with van der Waals surface area (Å²) in [6.45, 7) is 0. The fourth-order valence-corrected chi connectivity index (χ4v) is 10.0. The summed E-state index contributed by atoms with van der Waals surface area (Å²) in [7, 11) is 0. The van der Waals surface area contributed by atoms with Crippen LogP contribution in [-0.4, -0.2) is 4.86 Å². The molecule has 0 heterocycles. The first kappa shape index (κ1) is 14.3. The van der Waals surface area contributed by atoms with E-state index in [1.165, 1.54) is 25.7 Å². The second kappa shape index (κ2) is 4.63. The Kier molecular flexibility index (Phi) is 2.87. The van der Waals surface area contributed by atoms with Gasteiger partial charge in [-0.25, -0.2) is 0 Å². The zero-order valence-corrected chi connectivity index (χ0v) is 15.4. The second-order valence-electron chi connectivity index (χ2n) is 11.2. The number of hydrogen-bond acceptors (Lipinski definition) is 1. The van der Waals surface area contributed by atoms with E-state index in [-0.39, 0.29) is 0 Å². The molecule has 8 saturated carbocycles. The number of thiocarbonyl (C=S) groups is 1. The minimum atomic E-state index is 0.535. The monoisotopic (exact) mass is 328 g/mol. The third-order valence-electron chi connectivity index (χ3n) is 9.33. The Morgan fingerprint density at radius 2 is 0.957 bits per heavy atom. The summed E-state index contributed by atoms with van der Waals surface area (Å²) in [5.74, 6) is 6.41. The molecule has 8 aliphatic rings. The van der Waals surface area contributed by atoms with Crippen LogP contribution < -0.4 is 0 Å². The lowest BCUT2D eigenvalue weighted by atomic mass is 9.45. The van der Waals surface area contributed by atoms with E-state index in [9.17, 15) is 0 Å². The predicted octanol–water partition coefficient (Wildman–Crippen LogP) is 6.18. The van der Waals surface area contributed by atoms with Crippen molar-refractivity contribution in [1.82, 2.24) is 0 Å². The van der Waals surface area contributed by atoms with Gasteiger partial charge in [-0.05, 0) is 129 Å². The summed E-state index contributed by atoms with van der Waals surface area (Å²) in [6.07, 6.45) is 19.9. The summed E-state index contributed by atoms with van der Waals surface area (Å²) in [5.41, 5.74) is 1.21. The molecule has 126 valence electrons. The third-order valence-corrected chi connectivity index (χ3v) is 9.91. The summed E-state index contributed by atoms with van der Waals surface area (Å²) < 4.78 is 0. The fourth-order valence-electron chi connectivity index (χ4n) is 9.49. The molecule has 8 rings (SSSR count). The van der Waals surface area contributed by atoms with Crippen molar-refractivity contribution >= 4 is 17.1 Å². The summed E-state index contributed by atoms with van der Waals surface area (Å²) in [5, 5.41) is 0. The van der Waals surface area contributed by atoms with E-state index in [0.29, 0.717) is 10.8 Å². The van der Waals surface area contributed by atoms with Crippen molar-refractivity contribution in [3.8, 4) is 0 Å². The van der Waals surface area contributed by atoms with Crippen LogP contribution in [0.25, 0.3) is 0 Å². The molecule has 0 aliphatic heterocycles. The van der Waals surface area contributed by atoms with Gasteiger partial charge in [0.05, 0.1) is 0 Å². The first-order chi connectivity index (χ1) is 11.1. The molecule has 0 N–H and O–H groups in total. The zero-order valence-electron chi connectivity index (χ0n) is 14.6. The maximum Gasteiger partial charge on any atom is 0.00247 e. The maximum atomic E-state index is 6.28. The lowest BCUT2D eigenvalue weighted by Crippen LogP contribution is -2.52. The Morgan fingerprint density at radius 3 is 1.35 bits per heavy atom. The second-order valence-corrected chi connectivity index (χ2v) is 11.7. The first-order valence-electron chi connectivity index (χ1n) is 10.6. The summed E-state index contributed by atoms with van der Waals surface area (Å²) >= 11 is 6.28. The molecule has 0 spiro atoms. The largest absolute Gasteiger partial charge is 0.0891 e. The lowest BCUT2D eigenvalue weighted by molar-refractivity contribution is -0.0532. The highest BCUT2D eigenvalue weighted by Crippen LogP contribution is 2.65. The molecule has 8 fully saturated rings. The van der Waals surface area contributed by atoms with Gasteiger partial charge in [0.15, 0.2) is 0 Å². The highest BCUT2D eigenvalue weighted by molar-refractivity contribution is 7.80. The number of rotatable bonds is 3. The third kappa shape index (κ3) is 2.10. The minimum absolute atomic E-state index is 0.535. The van der Waals surface area contributed by atoms with Gasteiger partial charge in [-0.15, -0.1) is 0 Å². The molecule has 0 unspecified atom stereocenters. The van der Waals surface area contributed by atoms with Gasteiger partial charge in [-0.1, -0.05) is 12.2 Å². The van der Waals surface area contributed by atoms with Crippen molar-refractivity contribution in [2.75, 3.05) is 0 Å². The van der Waals surface area contributed by atoms with Crippen molar-refractivity contribution in [3.05, 3.63) is 0 Å². The van der Waals surface area contributed by atoms with Gasteiger partial charge in [-0.2, -0.15) is 0 Å². The van der Waals surface area contributed by atoms with Crippen molar-refractivity contribution in [2.45, 2.75) is 83.5 Å². The van der Waals surface area contributed by atoms with E-state index in [1.54, 1.807) is 62.7 Å². The SMILES string of the molecule is S=C(CC12CC3CC(CC(C3)C1)C2)C12CC3CC(CC(C3)C1)C2. The van der Waals surface area contributed by atoms with Gasteiger partial charge in [0, 0.05) is 5.41 Å². The summed E-state index contributed by atoms with van der Waals surface area (Å²) in [6, 6.07) is 0. The highest BCUT2D eigenvalue weighted by atomic mass is 32.1. The Bertz CT molecular complexity index is 474. The molecule has 0 nitrogen and oxygen atoms in total. The molecule has 8 bridgehead atoms. The van der Waals surface area contributed by atoms with Crippen molar-refractivity contribution in [3.63, 3.8) is 0 Å². The Labute approximate surface area is 147 Å². The molecule has 8 aliphatic carbocycles. The van der Waals surface area contributed by atoms with Crippen LogP contribution in [0.2, 0.25) is 0 Å². The Hall–Kier alpha value is 0.0900. The molecule has 23 heavy (non-hydrogen) atoms. The van der Waals surface area contributed by atoms with Crippen LogP contribution in [0.5, 0.6) is 0 Å². The van der Waals surface area contributed by atoms with Crippen LogP contribution in [0.1, 0.15) is 83.5 Å². The van der Waals surface area contributed by atoms with Gasteiger partial charge < -0.3 is 0 Å². The van der Waals surface area contributed by atoms with Crippen molar-refractivity contribution < 1.29 is 0 Å². The van der Waals surface area contributed by atoms with Gasteiger partial charge in [0.1, 0.15) is 0 Å². The molecular formula is C22H32S. The Balaban J connectivity index is 1.26. The van der Waals surface area contributed by atoms with E-state index in [1.807, 2.05) is 0 Å². The van der Waals surface area contributed by atoms with Crippen molar-refractivity contribution in [1.29, 1.82) is 0 Å². The minimum Gasteiger partial charge on any atom is -0.0891 e. The molecule has 0 radical (unpaired) electrons. The standard InChI is InChI=1S/C22H32S/c23-20(22-10-17-4-18(11-22)6-19(5-17)12-22)13-21-7-14-1-15(8-21)3-16(2-14)9-21/h14-19H,1-13H2. The van der Waals surface area contributed by atoms with Crippen LogP contribution in [-0.2, 0) is 0 Å². The average molecular weight is 329 g/mol. The molecule has 0 aromatic heterocycles. The predicted molar refractivity (Wildman–Crippen MR) is 98.4 cm³/mol. The van der Waals surface area contributed by atoms with E-state index in [4.69, 9.17) is 12.2 Å². The normalized spacial score (nSPS) is 58.8. The quantitative estimate of drug-likeness (QED) is 0.557. The van der Waals surface area contributed by atoms with Crippen LogP contribution in [0, 0.1) is 46.3 Å². The van der Waals surface area contributed by atoms with Crippen LogP contribution in [0.15, 0.2) is 0 Å². The average Bonchev–Trinajstić information content (AvgIpc) is 2.43. The van der Waals surface area contributed by atoms with Crippen LogP contribution in [0.4, 0.5) is 0 Å². The van der Waals surface area contributed by atoms with Crippen LogP contribution in [0.3, 0.4) is 0 Å². The highest BCUT2D eigenvalue weighted by Gasteiger charge is 2.56. The molecule has 0 saturated heterocycles. The fraction of sp³-hybridized carbons (Fsp3) is 0.955. The van der Waals surface area contributed by atoms with E-state index < -0.39 is 0 Å². The van der Waals surface area contributed by atoms with Gasteiger partial charge in [-0.3, -0.25) is 0 Å². The first-order valence-corrected chi connectivity index (χ1v) is 11.0. The van der Waals surface area contributed by atoms with Gasteiger partial charge in [0.2, 0.25) is 0 Å². The number of hydrogen-bond donors (Lipinski definition) is 0.